The topological polar surface area (TPSA) is 79.2 Å². The second kappa shape index (κ2) is 5.52. The maximum Gasteiger partial charge on any atom is 0.287 e. The zero-order chi connectivity index (χ0) is 14.0. The molecule has 1 saturated heterocycles. The SMILES string of the molecule is CC1CCC(C)N(CC(=O)c2cc([N+](=O)[O-])c[nH]2)C1. The number of likely N-dealkylation sites (tertiary alicyclic amines) is 1. The summed E-state index contributed by atoms with van der Waals surface area (Å²) >= 11 is 0. The maximum absolute atomic E-state index is 12.1. The van der Waals surface area contributed by atoms with Gasteiger partial charge in [0.25, 0.3) is 5.69 Å². The Morgan fingerprint density at radius 3 is 2.89 bits per heavy atom. The average Bonchev–Trinajstić information content (AvgIpc) is 2.83. The van der Waals surface area contributed by atoms with Crippen LogP contribution in [0.2, 0.25) is 0 Å². The molecule has 6 nitrogen and oxygen atoms in total. The van der Waals surface area contributed by atoms with E-state index in [-0.39, 0.29) is 11.5 Å². The number of rotatable bonds is 4. The number of hydrogen-bond acceptors (Lipinski definition) is 4. The highest BCUT2D eigenvalue weighted by molar-refractivity contribution is 5.96. The molecule has 2 atom stereocenters. The van der Waals surface area contributed by atoms with Crippen LogP contribution >= 0.6 is 0 Å². The molecule has 1 aliphatic rings. The second-order valence-electron chi connectivity index (χ2n) is 5.41. The van der Waals surface area contributed by atoms with Crippen molar-refractivity contribution >= 4 is 11.5 Å². The van der Waals surface area contributed by atoms with Gasteiger partial charge in [-0.15, -0.1) is 0 Å². The minimum Gasteiger partial charge on any atom is -0.353 e. The summed E-state index contributed by atoms with van der Waals surface area (Å²) in [6.45, 7) is 5.54. The van der Waals surface area contributed by atoms with Gasteiger partial charge in [-0.25, -0.2) is 0 Å². The number of aromatic amines is 1. The van der Waals surface area contributed by atoms with Crippen LogP contribution in [-0.2, 0) is 0 Å². The van der Waals surface area contributed by atoms with Gasteiger partial charge in [-0.3, -0.25) is 19.8 Å². The van der Waals surface area contributed by atoms with Crippen molar-refractivity contribution < 1.29 is 9.72 Å². The van der Waals surface area contributed by atoms with Gasteiger partial charge in [-0.1, -0.05) is 6.92 Å². The van der Waals surface area contributed by atoms with Crippen molar-refractivity contribution in [1.82, 2.24) is 9.88 Å². The van der Waals surface area contributed by atoms with Crippen molar-refractivity contribution in [2.24, 2.45) is 5.92 Å². The molecule has 1 fully saturated rings. The highest BCUT2D eigenvalue weighted by atomic mass is 16.6. The number of piperidine rings is 1. The number of carbonyl (C=O) groups excluding carboxylic acids is 1. The molecule has 0 radical (unpaired) electrons. The number of aromatic nitrogens is 1. The molecule has 6 heteroatoms. The zero-order valence-electron chi connectivity index (χ0n) is 11.3. The summed E-state index contributed by atoms with van der Waals surface area (Å²) in [5.41, 5.74) is 0.250. The third-order valence-electron chi connectivity index (χ3n) is 3.77. The first-order valence-electron chi connectivity index (χ1n) is 6.57. The summed E-state index contributed by atoms with van der Waals surface area (Å²) in [7, 11) is 0. The Balaban J connectivity index is 2.01. The lowest BCUT2D eigenvalue weighted by molar-refractivity contribution is -0.384. The molecule has 2 heterocycles. The predicted octanol–water partition coefficient (Wildman–Crippen LogP) is 2.23. The molecule has 0 bridgehead atoms. The molecule has 19 heavy (non-hydrogen) atoms. The minimum atomic E-state index is -0.501. The van der Waals surface area contributed by atoms with Gasteiger partial charge in [0, 0.05) is 18.7 Å². The standard InChI is InChI=1S/C13H19N3O3/c1-9-3-4-10(2)15(7-9)8-13(17)12-5-11(6-14-12)16(18)19/h5-6,9-10,14H,3-4,7-8H2,1-2H3. The van der Waals surface area contributed by atoms with Gasteiger partial charge < -0.3 is 4.98 Å². The van der Waals surface area contributed by atoms with Crippen LogP contribution in [0.15, 0.2) is 12.3 Å². The van der Waals surface area contributed by atoms with Gasteiger partial charge in [-0.05, 0) is 25.7 Å². The molecule has 2 unspecified atom stereocenters. The van der Waals surface area contributed by atoms with Crippen molar-refractivity contribution in [1.29, 1.82) is 0 Å². The lowest BCUT2D eigenvalue weighted by Crippen LogP contribution is -2.43. The molecule has 0 saturated carbocycles. The number of carbonyl (C=O) groups is 1. The molecule has 0 aliphatic carbocycles. The number of nitrogens with one attached hydrogen (secondary N) is 1. The number of H-pyrrole nitrogens is 1. The summed E-state index contributed by atoms with van der Waals surface area (Å²) in [6, 6.07) is 1.70. The molecule has 1 aromatic rings. The summed E-state index contributed by atoms with van der Waals surface area (Å²) in [4.78, 5) is 27.0. The van der Waals surface area contributed by atoms with Crippen molar-refractivity contribution in [2.45, 2.75) is 32.7 Å². The highest BCUT2D eigenvalue weighted by Crippen LogP contribution is 2.22. The van der Waals surface area contributed by atoms with Crippen molar-refractivity contribution in [3.63, 3.8) is 0 Å². The Hall–Kier alpha value is -1.69. The molecular formula is C13H19N3O3. The molecule has 1 aromatic heterocycles. The van der Waals surface area contributed by atoms with Crippen LogP contribution in [0.3, 0.4) is 0 Å². The van der Waals surface area contributed by atoms with E-state index < -0.39 is 4.92 Å². The smallest absolute Gasteiger partial charge is 0.287 e. The normalized spacial score (nSPS) is 24.3. The third-order valence-corrected chi connectivity index (χ3v) is 3.77. The highest BCUT2D eigenvalue weighted by Gasteiger charge is 2.25. The monoisotopic (exact) mass is 265 g/mol. The number of ketones is 1. The molecule has 0 amide bonds. The Bertz CT molecular complexity index is 483. The number of nitrogens with zero attached hydrogens (tertiary/aromatic N) is 2. The maximum atomic E-state index is 12.1. The predicted molar refractivity (Wildman–Crippen MR) is 71.2 cm³/mol. The lowest BCUT2D eigenvalue weighted by Gasteiger charge is -2.36. The molecule has 2 rings (SSSR count). The van der Waals surface area contributed by atoms with E-state index in [9.17, 15) is 14.9 Å². The van der Waals surface area contributed by atoms with Crippen LogP contribution in [0.25, 0.3) is 0 Å². The Morgan fingerprint density at radius 2 is 2.26 bits per heavy atom. The Morgan fingerprint density at radius 1 is 1.53 bits per heavy atom. The van der Waals surface area contributed by atoms with E-state index in [0.717, 1.165) is 13.0 Å². The van der Waals surface area contributed by atoms with Crippen molar-refractivity contribution in [3.05, 3.63) is 28.1 Å². The van der Waals surface area contributed by atoms with Crippen LogP contribution in [-0.4, -0.2) is 39.7 Å². The first-order chi connectivity index (χ1) is 8.97. The number of nitro groups is 1. The zero-order valence-corrected chi connectivity index (χ0v) is 11.3. The second-order valence-corrected chi connectivity index (χ2v) is 5.41. The van der Waals surface area contributed by atoms with E-state index in [2.05, 4.69) is 23.7 Å². The lowest BCUT2D eigenvalue weighted by atomic mass is 9.95. The van der Waals surface area contributed by atoms with Crippen LogP contribution in [0, 0.1) is 16.0 Å². The van der Waals surface area contributed by atoms with E-state index in [1.54, 1.807) is 0 Å². The van der Waals surface area contributed by atoms with Crippen LogP contribution in [0.4, 0.5) is 5.69 Å². The summed E-state index contributed by atoms with van der Waals surface area (Å²) in [5.74, 6) is 0.510. The van der Waals surface area contributed by atoms with E-state index in [1.165, 1.54) is 18.7 Å². The first kappa shape index (κ1) is 13.7. The fourth-order valence-electron chi connectivity index (χ4n) is 2.52. The van der Waals surface area contributed by atoms with Gasteiger partial charge >= 0.3 is 0 Å². The fraction of sp³-hybridized carbons (Fsp3) is 0.615. The van der Waals surface area contributed by atoms with Gasteiger partial charge in [0.05, 0.1) is 23.4 Å². The van der Waals surface area contributed by atoms with Crippen LogP contribution < -0.4 is 0 Å². The van der Waals surface area contributed by atoms with Gasteiger partial charge in [0.2, 0.25) is 0 Å². The fourth-order valence-corrected chi connectivity index (χ4v) is 2.52. The van der Waals surface area contributed by atoms with Gasteiger partial charge in [0.1, 0.15) is 0 Å². The molecule has 0 spiro atoms. The van der Waals surface area contributed by atoms with Crippen molar-refractivity contribution in [2.75, 3.05) is 13.1 Å². The molecule has 104 valence electrons. The number of Topliss-reactive ketones (excluding diaryl/α,β-unsaturated/α-hetero) is 1. The van der Waals surface area contributed by atoms with E-state index in [1.807, 2.05) is 0 Å². The molecule has 0 aromatic carbocycles. The molecular weight excluding hydrogens is 246 g/mol. The average molecular weight is 265 g/mol. The summed E-state index contributed by atoms with van der Waals surface area (Å²) in [6.07, 6.45) is 3.55. The number of hydrogen-bond donors (Lipinski definition) is 1. The van der Waals surface area contributed by atoms with E-state index in [4.69, 9.17) is 0 Å². The van der Waals surface area contributed by atoms with Crippen LogP contribution in [0.5, 0.6) is 0 Å². The Kier molecular flexibility index (Phi) is 3.99. The van der Waals surface area contributed by atoms with Gasteiger partial charge in [0.15, 0.2) is 5.78 Å². The van der Waals surface area contributed by atoms with Crippen molar-refractivity contribution in [3.8, 4) is 0 Å². The van der Waals surface area contributed by atoms with Gasteiger partial charge in [-0.2, -0.15) is 0 Å². The van der Waals surface area contributed by atoms with E-state index >= 15 is 0 Å². The quantitative estimate of drug-likeness (QED) is 0.514. The van der Waals surface area contributed by atoms with Crippen LogP contribution in [0.1, 0.15) is 37.2 Å². The molecule has 1 N–H and O–H groups in total. The third kappa shape index (κ3) is 3.20. The summed E-state index contributed by atoms with van der Waals surface area (Å²) < 4.78 is 0. The largest absolute Gasteiger partial charge is 0.353 e. The first-order valence-corrected chi connectivity index (χ1v) is 6.57. The minimum absolute atomic E-state index is 0.0663. The molecule has 1 aliphatic heterocycles. The Labute approximate surface area is 111 Å². The van der Waals surface area contributed by atoms with E-state index in [0.29, 0.717) is 24.2 Å². The summed E-state index contributed by atoms with van der Waals surface area (Å²) in [5, 5.41) is 10.6.